The third-order valence-electron chi connectivity index (χ3n) is 3.96. The first kappa shape index (κ1) is 16.0. The number of ketones is 1. The van der Waals surface area contributed by atoms with Crippen molar-refractivity contribution in [2.24, 2.45) is 0 Å². The van der Waals surface area contributed by atoms with Crippen LogP contribution < -0.4 is 4.74 Å². The van der Waals surface area contributed by atoms with Gasteiger partial charge in [0.15, 0.2) is 11.4 Å². The average molecular weight is 348 g/mol. The Bertz CT molecular complexity index is 1040. The first-order chi connectivity index (χ1) is 12.8. The summed E-state index contributed by atoms with van der Waals surface area (Å²) in [7, 11) is 0. The third kappa shape index (κ3) is 2.83. The molecule has 130 valence electrons. The molecule has 0 aromatic carbocycles. The molecule has 0 fully saturated rings. The zero-order valence-corrected chi connectivity index (χ0v) is 14.1. The molecule has 0 aliphatic rings. The van der Waals surface area contributed by atoms with Crippen molar-refractivity contribution in [1.29, 1.82) is 0 Å². The van der Waals surface area contributed by atoms with E-state index >= 15 is 0 Å². The standard InChI is InChI=1S/C19H16N4O3/c1-2-25-18-15(17(24)13-5-3-7-20-9-13)10-21-19-16(18)11-22-23(19)12-14-6-4-8-26-14/h3-11H,2,12H2,1H3. The van der Waals surface area contributed by atoms with E-state index in [1.54, 1.807) is 35.5 Å². The number of carbonyl (C=O) groups is 1. The SMILES string of the molecule is CCOc1c(C(=O)c2cccnc2)cnc2c1cnn2Cc1ccco1. The van der Waals surface area contributed by atoms with Crippen molar-refractivity contribution in [2.45, 2.75) is 13.5 Å². The summed E-state index contributed by atoms with van der Waals surface area (Å²) in [6.45, 7) is 2.75. The number of hydrogen-bond donors (Lipinski definition) is 0. The molecule has 0 spiro atoms. The molecular formula is C19H16N4O3. The Morgan fingerprint density at radius 3 is 2.88 bits per heavy atom. The van der Waals surface area contributed by atoms with Gasteiger partial charge in [-0.3, -0.25) is 9.78 Å². The molecule has 0 saturated carbocycles. The van der Waals surface area contributed by atoms with E-state index in [1.165, 1.54) is 12.4 Å². The number of hydrogen-bond acceptors (Lipinski definition) is 6. The minimum Gasteiger partial charge on any atom is -0.492 e. The van der Waals surface area contributed by atoms with Crippen molar-refractivity contribution in [3.63, 3.8) is 0 Å². The number of carbonyl (C=O) groups excluding carboxylic acids is 1. The molecule has 0 N–H and O–H groups in total. The van der Waals surface area contributed by atoms with Crippen LogP contribution in [0.15, 0.2) is 59.7 Å². The fourth-order valence-electron chi connectivity index (χ4n) is 2.78. The van der Waals surface area contributed by atoms with Crippen molar-refractivity contribution in [3.8, 4) is 5.75 Å². The molecule has 7 heteroatoms. The van der Waals surface area contributed by atoms with Crippen LogP contribution in [-0.4, -0.2) is 32.1 Å². The minimum atomic E-state index is -0.185. The van der Waals surface area contributed by atoms with Gasteiger partial charge in [-0.1, -0.05) is 0 Å². The minimum absolute atomic E-state index is 0.185. The third-order valence-corrected chi connectivity index (χ3v) is 3.96. The monoisotopic (exact) mass is 348 g/mol. The molecule has 0 amide bonds. The summed E-state index contributed by atoms with van der Waals surface area (Å²) in [5.41, 5.74) is 1.51. The van der Waals surface area contributed by atoms with Crippen LogP contribution >= 0.6 is 0 Å². The molecule has 4 aromatic rings. The normalized spacial score (nSPS) is 11.0. The van der Waals surface area contributed by atoms with Crippen LogP contribution in [0, 0.1) is 0 Å². The van der Waals surface area contributed by atoms with E-state index in [1.807, 2.05) is 19.1 Å². The number of ether oxygens (including phenoxy) is 1. The van der Waals surface area contributed by atoms with Crippen LogP contribution in [0.5, 0.6) is 5.75 Å². The summed E-state index contributed by atoms with van der Waals surface area (Å²) in [6, 6.07) is 7.14. The van der Waals surface area contributed by atoms with Crippen LogP contribution in [0.1, 0.15) is 28.6 Å². The van der Waals surface area contributed by atoms with Gasteiger partial charge < -0.3 is 9.15 Å². The topological polar surface area (TPSA) is 83.0 Å². The molecule has 0 atom stereocenters. The summed E-state index contributed by atoms with van der Waals surface area (Å²) in [6.07, 6.45) is 7.97. The molecule has 7 nitrogen and oxygen atoms in total. The van der Waals surface area contributed by atoms with E-state index in [0.29, 0.717) is 41.1 Å². The van der Waals surface area contributed by atoms with Crippen LogP contribution in [0.25, 0.3) is 11.0 Å². The van der Waals surface area contributed by atoms with Gasteiger partial charge in [-0.05, 0) is 31.2 Å². The van der Waals surface area contributed by atoms with Gasteiger partial charge in [-0.2, -0.15) is 5.10 Å². The largest absolute Gasteiger partial charge is 0.492 e. The summed E-state index contributed by atoms with van der Waals surface area (Å²) < 4.78 is 12.9. The average Bonchev–Trinajstić information content (AvgIpc) is 3.33. The molecule has 4 aromatic heterocycles. The summed E-state index contributed by atoms with van der Waals surface area (Å²) in [5.74, 6) is 1.07. The predicted molar refractivity (Wildman–Crippen MR) is 94.2 cm³/mol. The molecule has 4 rings (SSSR count). The molecule has 0 aliphatic heterocycles. The first-order valence-corrected chi connectivity index (χ1v) is 8.22. The van der Waals surface area contributed by atoms with E-state index in [0.717, 1.165) is 5.76 Å². The quantitative estimate of drug-likeness (QED) is 0.498. The predicted octanol–water partition coefficient (Wildman–Crippen LogP) is 3.10. The lowest BCUT2D eigenvalue weighted by Gasteiger charge is -2.10. The second-order valence-corrected chi connectivity index (χ2v) is 5.62. The molecule has 0 unspecified atom stereocenters. The van der Waals surface area contributed by atoms with E-state index in [9.17, 15) is 4.79 Å². The van der Waals surface area contributed by atoms with E-state index in [-0.39, 0.29) is 5.78 Å². The number of nitrogens with zero attached hydrogens (tertiary/aromatic N) is 4. The van der Waals surface area contributed by atoms with Gasteiger partial charge in [0.1, 0.15) is 18.1 Å². The van der Waals surface area contributed by atoms with E-state index < -0.39 is 0 Å². The van der Waals surface area contributed by atoms with Gasteiger partial charge in [0.2, 0.25) is 0 Å². The molecule has 4 heterocycles. The molecule has 0 saturated heterocycles. The van der Waals surface area contributed by atoms with Crippen LogP contribution in [-0.2, 0) is 6.54 Å². The molecular weight excluding hydrogens is 332 g/mol. The maximum absolute atomic E-state index is 12.8. The number of furan rings is 1. The van der Waals surface area contributed by atoms with Crippen molar-refractivity contribution in [1.82, 2.24) is 19.7 Å². The van der Waals surface area contributed by atoms with E-state index in [4.69, 9.17) is 9.15 Å². The highest BCUT2D eigenvalue weighted by Gasteiger charge is 2.21. The lowest BCUT2D eigenvalue weighted by molar-refractivity contribution is 0.103. The fraction of sp³-hybridized carbons (Fsp3) is 0.158. The Morgan fingerprint density at radius 1 is 1.23 bits per heavy atom. The second-order valence-electron chi connectivity index (χ2n) is 5.62. The second kappa shape index (κ2) is 6.79. The fourth-order valence-corrected chi connectivity index (χ4v) is 2.78. The molecule has 26 heavy (non-hydrogen) atoms. The highest BCUT2D eigenvalue weighted by atomic mass is 16.5. The van der Waals surface area contributed by atoms with Gasteiger partial charge in [0.25, 0.3) is 0 Å². The number of pyridine rings is 2. The zero-order valence-electron chi connectivity index (χ0n) is 14.1. The number of aromatic nitrogens is 4. The van der Waals surface area contributed by atoms with Gasteiger partial charge in [-0.15, -0.1) is 0 Å². The molecule has 0 bridgehead atoms. The highest BCUT2D eigenvalue weighted by molar-refractivity contribution is 6.12. The Labute approximate surface area is 149 Å². The number of rotatable bonds is 6. The summed E-state index contributed by atoms with van der Waals surface area (Å²) >= 11 is 0. The number of fused-ring (bicyclic) bond motifs is 1. The smallest absolute Gasteiger partial charge is 0.199 e. The van der Waals surface area contributed by atoms with Crippen molar-refractivity contribution in [2.75, 3.05) is 6.61 Å². The highest BCUT2D eigenvalue weighted by Crippen LogP contribution is 2.30. The van der Waals surface area contributed by atoms with Gasteiger partial charge in [-0.25, -0.2) is 9.67 Å². The van der Waals surface area contributed by atoms with Crippen LogP contribution in [0.3, 0.4) is 0 Å². The van der Waals surface area contributed by atoms with Crippen LogP contribution in [0.4, 0.5) is 0 Å². The Kier molecular flexibility index (Phi) is 4.18. The van der Waals surface area contributed by atoms with Crippen molar-refractivity contribution >= 4 is 16.8 Å². The Balaban J connectivity index is 1.80. The lowest BCUT2D eigenvalue weighted by atomic mass is 10.0. The van der Waals surface area contributed by atoms with Crippen LogP contribution in [0.2, 0.25) is 0 Å². The van der Waals surface area contributed by atoms with Gasteiger partial charge >= 0.3 is 0 Å². The zero-order chi connectivity index (χ0) is 17.9. The van der Waals surface area contributed by atoms with Crippen molar-refractivity contribution < 1.29 is 13.9 Å². The first-order valence-electron chi connectivity index (χ1n) is 8.22. The summed E-state index contributed by atoms with van der Waals surface area (Å²) in [5, 5.41) is 5.06. The van der Waals surface area contributed by atoms with Gasteiger partial charge in [0.05, 0.1) is 30.0 Å². The maximum atomic E-state index is 12.8. The van der Waals surface area contributed by atoms with Gasteiger partial charge in [0, 0.05) is 24.2 Å². The Hall–Kier alpha value is -3.48. The molecule has 0 aliphatic carbocycles. The molecule has 0 radical (unpaired) electrons. The maximum Gasteiger partial charge on any atom is 0.199 e. The summed E-state index contributed by atoms with van der Waals surface area (Å²) in [4.78, 5) is 21.3. The lowest BCUT2D eigenvalue weighted by Crippen LogP contribution is -2.08. The van der Waals surface area contributed by atoms with Crippen molar-refractivity contribution in [3.05, 3.63) is 72.2 Å². The Morgan fingerprint density at radius 2 is 2.15 bits per heavy atom. The van der Waals surface area contributed by atoms with E-state index in [2.05, 4.69) is 15.1 Å².